The number of H-pyrrole nitrogens is 1. The van der Waals surface area contributed by atoms with Crippen LogP contribution in [0.15, 0.2) is 36.5 Å². The summed E-state index contributed by atoms with van der Waals surface area (Å²) in [5.74, 6) is 0. The van der Waals surface area contributed by atoms with E-state index >= 15 is 0 Å². The van der Waals surface area contributed by atoms with Gasteiger partial charge < -0.3 is 0 Å². The number of nitrogens with one attached hydrogen (secondary N) is 1. The average Bonchev–Trinajstić information content (AvgIpc) is 2.80. The molecule has 15 heavy (non-hydrogen) atoms. The third kappa shape index (κ3) is 2.46. The molecule has 0 fully saturated rings. The molecule has 78 valence electrons. The monoisotopic (exact) mass is 200 g/mol. The summed E-state index contributed by atoms with van der Waals surface area (Å²) in [6.07, 6.45) is 5.45. The number of nitrogens with zero attached hydrogens (tertiary/aromatic N) is 1. The first kappa shape index (κ1) is 9.97. The molecule has 2 rings (SSSR count). The second-order valence-corrected chi connectivity index (χ2v) is 3.77. The van der Waals surface area contributed by atoms with Crippen LogP contribution in [-0.4, -0.2) is 10.2 Å². The van der Waals surface area contributed by atoms with Gasteiger partial charge in [0.2, 0.25) is 0 Å². The van der Waals surface area contributed by atoms with Crippen LogP contribution < -0.4 is 0 Å². The lowest BCUT2D eigenvalue weighted by molar-refractivity contribution is 0.795. The van der Waals surface area contributed by atoms with Crippen LogP contribution in [0.4, 0.5) is 0 Å². The van der Waals surface area contributed by atoms with Crippen molar-refractivity contribution in [2.45, 2.75) is 26.2 Å². The predicted octanol–water partition coefficient (Wildman–Crippen LogP) is 3.42. The minimum absolute atomic E-state index is 1.09. The summed E-state index contributed by atoms with van der Waals surface area (Å²) in [5, 5.41) is 6.95. The first-order chi connectivity index (χ1) is 7.40. The molecule has 0 bridgehead atoms. The van der Waals surface area contributed by atoms with E-state index in [1.807, 2.05) is 6.07 Å². The molecule has 0 radical (unpaired) electrons. The number of aryl methyl sites for hydroxylation is 1. The van der Waals surface area contributed by atoms with Gasteiger partial charge in [0.05, 0.1) is 5.69 Å². The van der Waals surface area contributed by atoms with E-state index < -0.39 is 0 Å². The van der Waals surface area contributed by atoms with Gasteiger partial charge in [0, 0.05) is 6.20 Å². The molecule has 2 aromatic rings. The molecular weight excluding hydrogens is 184 g/mol. The fraction of sp³-hybridized carbons (Fsp3) is 0.308. The van der Waals surface area contributed by atoms with Crippen molar-refractivity contribution in [2.24, 2.45) is 0 Å². The summed E-state index contributed by atoms with van der Waals surface area (Å²) in [4.78, 5) is 0. The summed E-state index contributed by atoms with van der Waals surface area (Å²) in [6.45, 7) is 2.22. The standard InChI is InChI=1S/C13H16N2/c1-2-3-5-11-6-4-7-12(10-11)13-8-9-14-15-13/h4,6-10H,2-3,5H2,1H3,(H,14,15). The van der Waals surface area contributed by atoms with E-state index in [1.165, 1.54) is 30.4 Å². The van der Waals surface area contributed by atoms with Crippen molar-refractivity contribution in [1.82, 2.24) is 10.2 Å². The molecule has 0 atom stereocenters. The molecule has 0 aliphatic rings. The highest BCUT2D eigenvalue weighted by Gasteiger charge is 1.99. The van der Waals surface area contributed by atoms with Gasteiger partial charge in [-0.1, -0.05) is 31.5 Å². The van der Waals surface area contributed by atoms with Crippen molar-refractivity contribution < 1.29 is 0 Å². The zero-order chi connectivity index (χ0) is 10.5. The molecule has 1 N–H and O–H groups in total. The molecule has 0 aliphatic carbocycles. The highest BCUT2D eigenvalue weighted by molar-refractivity contribution is 5.59. The Labute approximate surface area is 90.3 Å². The van der Waals surface area contributed by atoms with Crippen LogP contribution in [0.2, 0.25) is 0 Å². The summed E-state index contributed by atoms with van der Waals surface area (Å²) >= 11 is 0. The molecule has 1 aromatic carbocycles. The minimum atomic E-state index is 1.09. The Morgan fingerprint density at radius 1 is 1.27 bits per heavy atom. The van der Waals surface area contributed by atoms with Gasteiger partial charge in [-0.3, -0.25) is 5.10 Å². The first-order valence-corrected chi connectivity index (χ1v) is 5.49. The maximum absolute atomic E-state index is 3.97. The van der Waals surface area contributed by atoms with E-state index in [2.05, 4.69) is 41.4 Å². The lowest BCUT2D eigenvalue weighted by atomic mass is 10.0. The number of rotatable bonds is 4. The van der Waals surface area contributed by atoms with Crippen molar-refractivity contribution in [1.29, 1.82) is 0 Å². The Morgan fingerprint density at radius 3 is 2.93 bits per heavy atom. The summed E-state index contributed by atoms with van der Waals surface area (Å²) in [5.41, 5.74) is 3.72. The largest absolute Gasteiger partial charge is 0.278 e. The molecule has 0 aliphatic heterocycles. The number of aromatic nitrogens is 2. The molecule has 1 heterocycles. The van der Waals surface area contributed by atoms with E-state index in [-0.39, 0.29) is 0 Å². The topological polar surface area (TPSA) is 28.7 Å². The van der Waals surface area contributed by atoms with Crippen LogP contribution in [-0.2, 0) is 6.42 Å². The van der Waals surface area contributed by atoms with Gasteiger partial charge in [-0.15, -0.1) is 0 Å². The van der Waals surface area contributed by atoms with Crippen molar-refractivity contribution >= 4 is 0 Å². The highest BCUT2D eigenvalue weighted by Crippen LogP contribution is 2.18. The highest BCUT2D eigenvalue weighted by atomic mass is 15.1. The van der Waals surface area contributed by atoms with Crippen LogP contribution in [0.3, 0.4) is 0 Å². The number of unbranched alkanes of at least 4 members (excludes halogenated alkanes) is 1. The predicted molar refractivity (Wildman–Crippen MR) is 62.6 cm³/mol. The minimum Gasteiger partial charge on any atom is -0.278 e. The second-order valence-electron chi connectivity index (χ2n) is 3.77. The molecule has 0 spiro atoms. The van der Waals surface area contributed by atoms with Gasteiger partial charge in [0.25, 0.3) is 0 Å². The average molecular weight is 200 g/mol. The number of hydrogen-bond acceptors (Lipinski definition) is 1. The molecule has 0 saturated heterocycles. The van der Waals surface area contributed by atoms with E-state index in [0.717, 1.165) is 5.69 Å². The Morgan fingerprint density at radius 2 is 2.20 bits per heavy atom. The van der Waals surface area contributed by atoms with Gasteiger partial charge >= 0.3 is 0 Å². The van der Waals surface area contributed by atoms with Gasteiger partial charge in [0.15, 0.2) is 0 Å². The van der Waals surface area contributed by atoms with Crippen LogP contribution in [0, 0.1) is 0 Å². The smallest absolute Gasteiger partial charge is 0.0650 e. The van der Waals surface area contributed by atoms with Crippen molar-refractivity contribution in [3.8, 4) is 11.3 Å². The third-order valence-electron chi connectivity index (χ3n) is 2.56. The summed E-state index contributed by atoms with van der Waals surface area (Å²) in [7, 11) is 0. The Kier molecular flexibility index (Phi) is 3.18. The van der Waals surface area contributed by atoms with Crippen molar-refractivity contribution in [3.05, 3.63) is 42.1 Å². The quantitative estimate of drug-likeness (QED) is 0.804. The summed E-state index contributed by atoms with van der Waals surface area (Å²) in [6, 6.07) is 10.7. The number of hydrogen-bond donors (Lipinski definition) is 1. The molecule has 1 aromatic heterocycles. The van der Waals surface area contributed by atoms with Gasteiger partial charge in [-0.2, -0.15) is 5.10 Å². The fourth-order valence-electron chi connectivity index (χ4n) is 1.69. The molecule has 2 nitrogen and oxygen atoms in total. The molecule has 0 saturated carbocycles. The van der Waals surface area contributed by atoms with E-state index in [0.29, 0.717) is 0 Å². The van der Waals surface area contributed by atoms with E-state index in [1.54, 1.807) is 6.20 Å². The zero-order valence-electron chi connectivity index (χ0n) is 9.03. The van der Waals surface area contributed by atoms with Crippen LogP contribution in [0.1, 0.15) is 25.3 Å². The Hall–Kier alpha value is -1.57. The van der Waals surface area contributed by atoms with E-state index in [9.17, 15) is 0 Å². The number of benzene rings is 1. The molecule has 0 amide bonds. The molecule has 0 unspecified atom stereocenters. The first-order valence-electron chi connectivity index (χ1n) is 5.49. The Balaban J connectivity index is 2.19. The number of aromatic amines is 1. The third-order valence-corrected chi connectivity index (χ3v) is 2.56. The second kappa shape index (κ2) is 4.78. The maximum atomic E-state index is 3.97. The normalized spacial score (nSPS) is 10.5. The van der Waals surface area contributed by atoms with Gasteiger partial charge in [-0.05, 0) is 36.1 Å². The van der Waals surface area contributed by atoms with Crippen LogP contribution in [0.25, 0.3) is 11.3 Å². The fourth-order valence-corrected chi connectivity index (χ4v) is 1.69. The van der Waals surface area contributed by atoms with Crippen LogP contribution >= 0.6 is 0 Å². The maximum Gasteiger partial charge on any atom is 0.0650 e. The molecule has 2 heteroatoms. The zero-order valence-corrected chi connectivity index (χ0v) is 9.03. The molecular formula is C13H16N2. The van der Waals surface area contributed by atoms with Crippen molar-refractivity contribution in [2.75, 3.05) is 0 Å². The Bertz CT molecular complexity index is 404. The van der Waals surface area contributed by atoms with Gasteiger partial charge in [0.1, 0.15) is 0 Å². The lowest BCUT2D eigenvalue weighted by Gasteiger charge is -2.02. The lowest BCUT2D eigenvalue weighted by Crippen LogP contribution is -1.86. The SMILES string of the molecule is CCCCc1cccc(-c2ccn[nH]2)c1. The summed E-state index contributed by atoms with van der Waals surface area (Å²) < 4.78 is 0. The van der Waals surface area contributed by atoms with E-state index in [4.69, 9.17) is 0 Å². The van der Waals surface area contributed by atoms with Crippen molar-refractivity contribution in [3.63, 3.8) is 0 Å². The van der Waals surface area contributed by atoms with Crippen LogP contribution in [0.5, 0.6) is 0 Å². The van der Waals surface area contributed by atoms with Gasteiger partial charge in [-0.25, -0.2) is 0 Å².